The van der Waals surface area contributed by atoms with Gasteiger partial charge in [0.05, 0.1) is 17.8 Å². The van der Waals surface area contributed by atoms with E-state index in [0.717, 1.165) is 40.0 Å². The van der Waals surface area contributed by atoms with Crippen LogP contribution >= 0.6 is 0 Å². The fourth-order valence-electron chi connectivity index (χ4n) is 4.69. The van der Waals surface area contributed by atoms with E-state index < -0.39 is 0 Å². The van der Waals surface area contributed by atoms with Gasteiger partial charge < -0.3 is 9.40 Å². The molecule has 0 saturated carbocycles. The number of benzene rings is 2. The van der Waals surface area contributed by atoms with Crippen molar-refractivity contribution in [2.45, 2.75) is 52.9 Å². The van der Waals surface area contributed by atoms with Crippen molar-refractivity contribution in [2.75, 3.05) is 0 Å². The monoisotopic (exact) mass is 482 g/mol. The van der Waals surface area contributed by atoms with Crippen molar-refractivity contribution in [2.24, 2.45) is 0 Å². The summed E-state index contributed by atoms with van der Waals surface area (Å²) >= 11 is 0. The summed E-state index contributed by atoms with van der Waals surface area (Å²) in [6, 6.07) is 20.2. The summed E-state index contributed by atoms with van der Waals surface area (Å²) in [6.45, 7) is 7.76. The van der Waals surface area contributed by atoms with Crippen LogP contribution in [0.5, 0.6) is 0 Å². The summed E-state index contributed by atoms with van der Waals surface area (Å²) in [6.07, 6.45) is 2.42. The predicted molar refractivity (Wildman–Crippen MR) is 138 cm³/mol. The molecule has 3 heterocycles. The van der Waals surface area contributed by atoms with Crippen LogP contribution in [0, 0.1) is 13.8 Å². The molecule has 0 aliphatic heterocycles. The molecule has 0 bridgehead atoms. The van der Waals surface area contributed by atoms with Gasteiger partial charge in [-0.25, -0.2) is 4.68 Å². The molecule has 0 spiro atoms. The van der Waals surface area contributed by atoms with E-state index in [-0.39, 0.29) is 11.6 Å². The average Bonchev–Trinajstić information content (AvgIpc) is 3.55. The van der Waals surface area contributed by atoms with Crippen LogP contribution in [0.25, 0.3) is 10.9 Å². The molecule has 5 aromatic rings. The number of tetrazole rings is 1. The zero-order valence-electron chi connectivity index (χ0n) is 20.8. The molecule has 0 saturated heterocycles. The SMILES string of the molecule is CC[C@H](c1nnnn1Cc1ccco1)N(Cc1ccc(C)cc1)Cc1cc2cccc(C)c2[nH]c1=O. The van der Waals surface area contributed by atoms with E-state index in [2.05, 4.69) is 63.5 Å². The molecule has 2 aromatic carbocycles. The fourth-order valence-corrected chi connectivity index (χ4v) is 4.69. The molecule has 36 heavy (non-hydrogen) atoms. The Balaban J connectivity index is 1.53. The molecule has 0 amide bonds. The molecule has 5 rings (SSSR count). The van der Waals surface area contributed by atoms with E-state index in [1.165, 1.54) is 5.56 Å². The summed E-state index contributed by atoms with van der Waals surface area (Å²) in [5.74, 6) is 1.53. The van der Waals surface area contributed by atoms with Gasteiger partial charge in [-0.1, -0.05) is 55.0 Å². The Bertz CT molecular complexity index is 1500. The number of pyridine rings is 1. The zero-order chi connectivity index (χ0) is 25.1. The van der Waals surface area contributed by atoms with Gasteiger partial charge in [0.25, 0.3) is 5.56 Å². The number of aryl methyl sites for hydroxylation is 2. The second-order valence-corrected chi connectivity index (χ2v) is 9.25. The molecule has 184 valence electrons. The molecule has 8 nitrogen and oxygen atoms in total. The molecule has 1 N–H and O–H groups in total. The molecule has 3 aromatic heterocycles. The minimum atomic E-state index is -0.108. The summed E-state index contributed by atoms with van der Waals surface area (Å²) < 4.78 is 7.31. The van der Waals surface area contributed by atoms with Gasteiger partial charge in [0.2, 0.25) is 0 Å². The van der Waals surface area contributed by atoms with Gasteiger partial charge in [-0.3, -0.25) is 9.69 Å². The first-order valence-electron chi connectivity index (χ1n) is 12.2. The maximum atomic E-state index is 13.2. The lowest BCUT2D eigenvalue weighted by molar-refractivity contribution is 0.161. The van der Waals surface area contributed by atoms with Gasteiger partial charge in [-0.15, -0.1) is 5.10 Å². The number of hydrogen-bond donors (Lipinski definition) is 1. The molecule has 0 aliphatic rings. The second kappa shape index (κ2) is 10.3. The highest BCUT2D eigenvalue weighted by molar-refractivity contribution is 5.81. The maximum Gasteiger partial charge on any atom is 0.252 e. The van der Waals surface area contributed by atoms with Crippen LogP contribution in [0.3, 0.4) is 0 Å². The number of aromatic nitrogens is 5. The lowest BCUT2D eigenvalue weighted by Gasteiger charge is -2.30. The summed E-state index contributed by atoms with van der Waals surface area (Å²) in [5.41, 5.74) is 4.94. The highest BCUT2D eigenvalue weighted by atomic mass is 16.3. The molecule has 0 fully saturated rings. The van der Waals surface area contributed by atoms with E-state index in [1.807, 2.05) is 43.3 Å². The van der Waals surface area contributed by atoms with Gasteiger partial charge in [0.1, 0.15) is 12.3 Å². The van der Waals surface area contributed by atoms with Crippen LogP contribution in [0.2, 0.25) is 0 Å². The van der Waals surface area contributed by atoms with Crippen LogP contribution in [0.1, 0.15) is 53.2 Å². The van der Waals surface area contributed by atoms with Crippen molar-refractivity contribution >= 4 is 10.9 Å². The Morgan fingerprint density at radius 2 is 1.89 bits per heavy atom. The highest BCUT2D eigenvalue weighted by Gasteiger charge is 2.26. The van der Waals surface area contributed by atoms with Gasteiger partial charge in [-0.2, -0.15) is 0 Å². The highest BCUT2D eigenvalue weighted by Crippen LogP contribution is 2.27. The van der Waals surface area contributed by atoms with E-state index in [9.17, 15) is 4.79 Å². The van der Waals surface area contributed by atoms with Crippen molar-refractivity contribution in [3.8, 4) is 0 Å². The quantitative estimate of drug-likeness (QED) is 0.320. The van der Waals surface area contributed by atoms with Crippen molar-refractivity contribution in [3.05, 3.63) is 111 Å². The Morgan fingerprint density at radius 1 is 1.06 bits per heavy atom. The van der Waals surface area contributed by atoms with Crippen molar-refractivity contribution < 1.29 is 4.42 Å². The Kier molecular flexibility index (Phi) is 6.77. The lowest BCUT2D eigenvalue weighted by atomic mass is 10.1. The average molecular weight is 483 g/mol. The van der Waals surface area contributed by atoms with Gasteiger partial charge in [-0.05, 0) is 65.4 Å². The number of nitrogens with zero attached hydrogens (tertiary/aromatic N) is 5. The molecule has 0 aliphatic carbocycles. The molecule has 0 radical (unpaired) electrons. The molecule has 1 atom stereocenters. The molecule has 0 unspecified atom stereocenters. The van der Waals surface area contributed by atoms with E-state index in [1.54, 1.807) is 10.9 Å². The summed E-state index contributed by atoms with van der Waals surface area (Å²) in [4.78, 5) is 18.5. The Labute approximate surface area is 209 Å². The number of rotatable bonds is 9. The maximum absolute atomic E-state index is 13.2. The number of H-pyrrole nitrogens is 1. The number of furan rings is 1. The third-order valence-electron chi connectivity index (χ3n) is 6.62. The van der Waals surface area contributed by atoms with Crippen molar-refractivity contribution in [1.82, 2.24) is 30.1 Å². The van der Waals surface area contributed by atoms with Crippen molar-refractivity contribution in [3.63, 3.8) is 0 Å². The van der Waals surface area contributed by atoms with Crippen LogP contribution in [-0.2, 0) is 19.6 Å². The van der Waals surface area contributed by atoms with E-state index in [0.29, 0.717) is 25.2 Å². The number of nitrogens with one attached hydrogen (secondary N) is 1. The minimum Gasteiger partial charge on any atom is -0.467 e. The van der Waals surface area contributed by atoms with E-state index in [4.69, 9.17) is 4.42 Å². The van der Waals surface area contributed by atoms with Crippen LogP contribution in [-0.4, -0.2) is 30.1 Å². The first kappa shape index (κ1) is 23.7. The largest absolute Gasteiger partial charge is 0.467 e. The van der Waals surface area contributed by atoms with Gasteiger partial charge in [0, 0.05) is 18.7 Å². The first-order valence-corrected chi connectivity index (χ1v) is 12.2. The fraction of sp³-hybridized carbons (Fsp3) is 0.286. The summed E-state index contributed by atoms with van der Waals surface area (Å²) in [7, 11) is 0. The zero-order valence-corrected chi connectivity index (χ0v) is 20.8. The smallest absolute Gasteiger partial charge is 0.252 e. The normalized spacial score (nSPS) is 12.4. The third-order valence-corrected chi connectivity index (χ3v) is 6.62. The standard InChI is InChI=1S/C28H30N6O2/c1-4-25(27-30-31-32-34(27)18-24-9-6-14-36-24)33(16-21-12-10-19(2)11-13-21)17-23-15-22-8-5-7-20(3)26(22)29-28(23)35/h5-15,25H,4,16-18H2,1-3H3,(H,29,35)/t25-/m1/s1. The van der Waals surface area contributed by atoms with Gasteiger partial charge >= 0.3 is 0 Å². The molecule has 8 heteroatoms. The van der Waals surface area contributed by atoms with Crippen molar-refractivity contribution in [1.29, 1.82) is 0 Å². The Hall–Kier alpha value is -4.04. The predicted octanol–water partition coefficient (Wildman–Crippen LogP) is 4.93. The minimum absolute atomic E-state index is 0.0734. The Morgan fingerprint density at radius 3 is 2.64 bits per heavy atom. The van der Waals surface area contributed by atoms with Crippen LogP contribution in [0.4, 0.5) is 0 Å². The first-order chi connectivity index (χ1) is 17.5. The van der Waals surface area contributed by atoms with Crippen LogP contribution < -0.4 is 5.56 Å². The van der Waals surface area contributed by atoms with E-state index >= 15 is 0 Å². The topological polar surface area (TPSA) is 92.8 Å². The molecular formula is C28H30N6O2. The van der Waals surface area contributed by atoms with Crippen LogP contribution in [0.15, 0.2) is 76.1 Å². The lowest BCUT2D eigenvalue weighted by Crippen LogP contribution is -2.32. The number of hydrogen-bond acceptors (Lipinski definition) is 6. The number of aromatic amines is 1. The summed E-state index contributed by atoms with van der Waals surface area (Å²) in [5, 5.41) is 13.6. The molecular weight excluding hydrogens is 452 g/mol. The van der Waals surface area contributed by atoms with Gasteiger partial charge in [0.15, 0.2) is 5.82 Å². The second-order valence-electron chi connectivity index (χ2n) is 9.25. The third kappa shape index (κ3) is 4.99. The number of para-hydroxylation sites is 1. The number of fused-ring (bicyclic) bond motifs is 1.